The first kappa shape index (κ1) is 18.3. The van der Waals surface area contributed by atoms with Gasteiger partial charge in [-0.15, -0.1) is 12.4 Å². The molecule has 0 amide bonds. The molecule has 0 spiro atoms. The van der Waals surface area contributed by atoms with Crippen molar-refractivity contribution >= 4 is 22.4 Å². The first-order chi connectivity index (χ1) is 8.36. The van der Waals surface area contributed by atoms with E-state index in [1.54, 1.807) is 0 Å². The van der Waals surface area contributed by atoms with Crippen LogP contribution in [0.4, 0.5) is 4.39 Å². The third-order valence-corrected chi connectivity index (χ3v) is 3.99. The lowest BCUT2D eigenvalue weighted by molar-refractivity contribution is 0.536. The molecule has 0 radical (unpaired) electrons. The average molecular weight is 311 g/mol. The Labute approximate surface area is 120 Å². The molecule has 0 heterocycles. The Morgan fingerprint density at radius 2 is 2.00 bits per heavy atom. The van der Waals surface area contributed by atoms with Crippen molar-refractivity contribution in [1.82, 2.24) is 10.0 Å². The summed E-state index contributed by atoms with van der Waals surface area (Å²) in [4.78, 5) is 0.0881. The van der Waals surface area contributed by atoms with E-state index >= 15 is 0 Å². The van der Waals surface area contributed by atoms with Gasteiger partial charge in [0.15, 0.2) is 0 Å². The average Bonchev–Trinajstić information content (AvgIpc) is 2.30. The summed E-state index contributed by atoms with van der Waals surface area (Å²) in [6, 6.07) is 3.81. The molecule has 0 aliphatic rings. The monoisotopic (exact) mass is 310 g/mol. The molecule has 0 aliphatic heterocycles. The van der Waals surface area contributed by atoms with Crippen molar-refractivity contribution in [3.05, 3.63) is 29.6 Å². The predicted molar refractivity (Wildman–Crippen MR) is 76.7 cm³/mol. The van der Waals surface area contributed by atoms with E-state index in [1.165, 1.54) is 19.1 Å². The molecule has 0 bridgehead atoms. The lowest BCUT2D eigenvalue weighted by Crippen LogP contribution is -2.38. The molecule has 1 rings (SSSR count). The van der Waals surface area contributed by atoms with E-state index in [9.17, 15) is 12.8 Å². The van der Waals surface area contributed by atoms with E-state index in [4.69, 9.17) is 0 Å². The molecule has 0 fully saturated rings. The van der Waals surface area contributed by atoms with E-state index in [0.29, 0.717) is 12.1 Å². The van der Waals surface area contributed by atoms with Crippen molar-refractivity contribution in [2.45, 2.75) is 31.7 Å². The Bertz CT molecular complexity index is 508. The van der Waals surface area contributed by atoms with Crippen molar-refractivity contribution in [2.24, 2.45) is 0 Å². The third-order valence-electron chi connectivity index (χ3n) is 2.57. The smallest absolute Gasteiger partial charge is 0.240 e. The van der Waals surface area contributed by atoms with Crippen molar-refractivity contribution in [3.8, 4) is 0 Å². The van der Waals surface area contributed by atoms with E-state index in [0.717, 1.165) is 12.6 Å². The van der Waals surface area contributed by atoms with Crippen LogP contribution in [-0.2, 0) is 10.0 Å². The molecule has 0 unspecified atom stereocenters. The van der Waals surface area contributed by atoms with Gasteiger partial charge in [0.05, 0.1) is 4.90 Å². The number of benzene rings is 1. The number of nitrogens with one attached hydrogen (secondary N) is 2. The van der Waals surface area contributed by atoms with E-state index in [1.807, 2.05) is 13.8 Å². The highest BCUT2D eigenvalue weighted by Crippen LogP contribution is 2.13. The lowest BCUT2D eigenvalue weighted by Gasteiger charge is -2.13. The minimum Gasteiger partial charge on any atom is -0.313 e. The zero-order chi connectivity index (χ0) is 13.8. The summed E-state index contributed by atoms with van der Waals surface area (Å²) in [5, 5.41) is 3.10. The van der Waals surface area contributed by atoms with Crippen LogP contribution in [-0.4, -0.2) is 27.5 Å². The van der Waals surface area contributed by atoms with Crippen molar-refractivity contribution < 1.29 is 12.8 Å². The van der Waals surface area contributed by atoms with Gasteiger partial charge >= 0.3 is 0 Å². The highest BCUT2D eigenvalue weighted by molar-refractivity contribution is 7.89. The minimum absolute atomic E-state index is 0. The van der Waals surface area contributed by atoms with Gasteiger partial charge in [-0.25, -0.2) is 17.5 Å². The van der Waals surface area contributed by atoms with Crippen LogP contribution in [0.2, 0.25) is 0 Å². The molecular weight excluding hydrogens is 291 g/mol. The SMILES string of the molecule is CCN[C@H](C)CNS(=O)(=O)c1ccc(F)c(C)c1.Cl. The standard InChI is InChI=1S/C12H19FN2O2S.ClH/c1-4-14-10(3)8-15-18(16,17)11-5-6-12(13)9(2)7-11;/h5-7,10,14-15H,4,8H2,1-3H3;1H/t10-;/m1./s1. The molecule has 7 heteroatoms. The summed E-state index contributed by atoms with van der Waals surface area (Å²) in [5.41, 5.74) is 0.317. The topological polar surface area (TPSA) is 58.2 Å². The molecule has 0 saturated carbocycles. The first-order valence-electron chi connectivity index (χ1n) is 5.86. The summed E-state index contributed by atoms with van der Waals surface area (Å²) >= 11 is 0. The Balaban J connectivity index is 0.00000324. The number of hydrogen-bond donors (Lipinski definition) is 2. The minimum atomic E-state index is -3.57. The second-order valence-electron chi connectivity index (χ2n) is 4.22. The maximum atomic E-state index is 13.1. The van der Waals surface area contributed by atoms with Gasteiger partial charge in [0, 0.05) is 12.6 Å². The van der Waals surface area contributed by atoms with E-state index in [-0.39, 0.29) is 23.3 Å². The van der Waals surface area contributed by atoms with Gasteiger partial charge in [-0.05, 0) is 44.2 Å². The molecule has 1 aromatic rings. The fourth-order valence-corrected chi connectivity index (χ4v) is 2.74. The summed E-state index contributed by atoms with van der Waals surface area (Å²) in [6.45, 7) is 6.46. The Kier molecular flexibility index (Phi) is 7.51. The second-order valence-corrected chi connectivity index (χ2v) is 5.99. The highest BCUT2D eigenvalue weighted by Gasteiger charge is 2.15. The van der Waals surface area contributed by atoms with E-state index in [2.05, 4.69) is 10.0 Å². The zero-order valence-corrected chi connectivity index (χ0v) is 12.9. The van der Waals surface area contributed by atoms with Gasteiger partial charge in [0.2, 0.25) is 10.0 Å². The second kappa shape index (κ2) is 7.79. The maximum Gasteiger partial charge on any atom is 0.240 e. The third kappa shape index (κ3) is 5.44. The van der Waals surface area contributed by atoms with Crippen LogP contribution in [0.3, 0.4) is 0 Å². The fraction of sp³-hybridized carbons (Fsp3) is 0.500. The number of sulfonamides is 1. The largest absolute Gasteiger partial charge is 0.313 e. The van der Waals surface area contributed by atoms with Gasteiger partial charge < -0.3 is 5.32 Å². The van der Waals surface area contributed by atoms with Crippen LogP contribution in [0.25, 0.3) is 0 Å². The molecule has 0 saturated heterocycles. The van der Waals surface area contributed by atoms with Gasteiger partial charge in [0.1, 0.15) is 5.82 Å². The molecule has 1 aromatic carbocycles. The quantitative estimate of drug-likeness (QED) is 0.843. The lowest BCUT2D eigenvalue weighted by atomic mass is 10.2. The van der Waals surface area contributed by atoms with Crippen LogP contribution in [0, 0.1) is 12.7 Å². The zero-order valence-electron chi connectivity index (χ0n) is 11.2. The number of halogens is 2. The molecule has 2 N–H and O–H groups in total. The van der Waals surface area contributed by atoms with Crippen LogP contribution >= 0.6 is 12.4 Å². The van der Waals surface area contributed by atoms with Gasteiger partial charge in [-0.1, -0.05) is 6.92 Å². The normalized spacial score (nSPS) is 12.8. The Morgan fingerprint density at radius 1 is 1.37 bits per heavy atom. The molecule has 1 atom stereocenters. The van der Waals surface area contributed by atoms with Gasteiger partial charge in [-0.2, -0.15) is 0 Å². The summed E-state index contributed by atoms with van der Waals surface area (Å²) < 4.78 is 39.5. The Hall–Kier alpha value is -0.690. The molecular formula is C12H20ClFN2O2S. The van der Waals surface area contributed by atoms with Gasteiger partial charge in [-0.3, -0.25) is 0 Å². The van der Waals surface area contributed by atoms with Crippen LogP contribution < -0.4 is 10.0 Å². The molecule has 0 aromatic heterocycles. The molecule has 0 aliphatic carbocycles. The highest BCUT2D eigenvalue weighted by atomic mass is 35.5. The fourth-order valence-electron chi connectivity index (χ4n) is 1.52. The number of hydrogen-bond acceptors (Lipinski definition) is 3. The van der Waals surface area contributed by atoms with Crippen LogP contribution in [0.5, 0.6) is 0 Å². The summed E-state index contributed by atoms with van der Waals surface area (Å²) in [5.74, 6) is -0.407. The summed E-state index contributed by atoms with van der Waals surface area (Å²) in [7, 11) is -3.57. The molecule has 4 nitrogen and oxygen atoms in total. The first-order valence-corrected chi connectivity index (χ1v) is 7.34. The van der Waals surface area contributed by atoms with Crippen molar-refractivity contribution in [3.63, 3.8) is 0 Å². The summed E-state index contributed by atoms with van der Waals surface area (Å²) in [6.07, 6.45) is 0. The van der Waals surface area contributed by atoms with Gasteiger partial charge in [0.25, 0.3) is 0 Å². The van der Waals surface area contributed by atoms with Crippen LogP contribution in [0.1, 0.15) is 19.4 Å². The maximum absolute atomic E-state index is 13.1. The number of rotatable bonds is 6. The van der Waals surface area contributed by atoms with Crippen molar-refractivity contribution in [2.75, 3.05) is 13.1 Å². The number of likely N-dealkylation sites (N-methyl/N-ethyl adjacent to an activating group) is 1. The van der Waals surface area contributed by atoms with E-state index < -0.39 is 15.8 Å². The molecule has 110 valence electrons. The number of aryl methyl sites for hydroxylation is 1. The Morgan fingerprint density at radius 3 is 2.53 bits per heavy atom. The predicted octanol–water partition coefficient (Wildman–Crippen LogP) is 1.83. The van der Waals surface area contributed by atoms with Crippen molar-refractivity contribution in [1.29, 1.82) is 0 Å². The van der Waals surface area contributed by atoms with Crippen LogP contribution in [0.15, 0.2) is 23.1 Å². The molecule has 19 heavy (non-hydrogen) atoms.